The second-order valence-electron chi connectivity index (χ2n) is 8.60. The summed E-state index contributed by atoms with van der Waals surface area (Å²) in [6.07, 6.45) is 7.36. The second-order valence-corrected chi connectivity index (χ2v) is 9.61. The van der Waals surface area contributed by atoms with Gasteiger partial charge in [-0.25, -0.2) is 9.97 Å². The van der Waals surface area contributed by atoms with Crippen LogP contribution < -0.4 is 15.5 Å². The molecular weight excluding hydrogens is 460 g/mol. The molecule has 5 rings (SSSR count). The van der Waals surface area contributed by atoms with Gasteiger partial charge in [-0.15, -0.1) is 0 Å². The molecule has 1 aromatic carbocycles. The summed E-state index contributed by atoms with van der Waals surface area (Å²) < 4.78 is 0. The predicted molar refractivity (Wildman–Crippen MR) is 137 cm³/mol. The Hall–Kier alpha value is -3.56. The molecule has 0 spiro atoms. The number of carbonyl (C=O) groups is 2. The number of pyridine rings is 1. The summed E-state index contributed by atoms with van der Waals surface area (Å²) in [5.41, 5.74) is 3.97. The van der Waals surface area contributed by atoms with E-state index in [1.807, 2.05) is 24.4 Å². The number of imide groups is 1. The zero-order chi connectivity index (χ0) is 24.0. The average Bonchev–Trinajstić information content (AvgIpc) is 3.21. The van der Waals surface area contributed by atoms with Gasteiger partial charge in [0, 0.05) is 37.6 Å². The van der Waals surface area contributed by atoms with E-state index in [0.29, 0.717) is 22.5 Å². The van der Waals surface area contributed by atoms with E-state index >= 15 is 0 Å². The molecule has 2 aliphatic rings. The lowest BCUT2D eigenvalue weighted by atomic mass is 9.97. The molecule has 2 amide bonds. The molecule has 2 aliphatic heterocycles. The fraction of sp³-hybridized carbons (Fsp3) is 0.269. The van der Waals surface area contributed by atoms with E-state index in [2.05, 4.69) is 54.8 Å². The first-order valence-corrected chi connectivity index (χ1v) is 12.5. The minimum absolute atomic E-state index is 0.355. The lowest BCUT2D eigenvalue weighted by Crippen LogP contribution is -2.38. The van der Waals surface area contributed by atoms with Crippen LogP contribution in [0, 0.1) is 5.92 Å². The number of hydrogen-bond acceptors (Lipinski definition) is 8. The van der Waals surface area contributed by atoms with E-state index in [-0.39, 0.29) is 11.1 Å². The van der Waals surface area contributed by atoms with Gasteiger partial charge in [0.15, 0.2) is 0 Å². The highest BCUT2D eigenvalue weighted by atomic mass is 32.2. The van der Waals surface area contributed by atoms with Crippen LogP contribution in [0.25, 0.3) is 17.2 Å². The molecular formula is C26H26N6O2S. The molecule has 0 atom stereocenters. The molecule has 0 unspecified atom stereocenters. The molecule has 8 nitrogen and oxygen atoms in total. The minimum atomic E-state index is -0.379. The number of hydrogen-bond donors (Lipinski definition) is 2. The van der Waals surface area contributed by atoms with Gasteiger partial charge >= 0.3 is 0 Å². The van der Waals surface area contributed by atoms with Gasteiger partial charge in [-0.05, 0) is 60.8 Å². The van der Waals surface area contributed by atoms with Crippen molar-refractivity contribution in [1.82, 2.24) is 25.6 Å². The molecule has 2 fully saturated rings. The number of nitrogens with one attached hydrogen (secondary N) is 2. The molecule has 2 aromatic heterocycles. The largest absolute Gasteiger partial charge is 0.341 e. The molecule has 0 radical (unpaired) electrons. The van der Waals surface area contributed by atoms with E-state index in [1.54, 1.807) is 18.3 Å². The highest BCUT2D eigenvalue weighted by Crippen LogP contribution is 2.26. The Kier molecular flexibility index (Phi) is 7.15. The normalized spacial score (nSPS) is 17.7. The average molecular weight is 487 g/mol. The van der Waals surface area contributed by atoms with Gasteiger partial charge in [0.2, 0.25) is 5.95 Å². The van der Waals surface area contributed by atoms with Crippen molar-refractivity contribution in [2.24, 2.45) is 5.92 Å². The Morgan fingerprint density at radius 3 is 2.57 bits per heavy atom. The van der Waals surface area contributed by atoms with Gasteiger partial charge in [-0.2, -0.15) is 0 Å². The second kappa shape index (κ2) is 10.8. The summed E-state index contributed by atoms with van der Waals surface area (Å²) in [7, 11) is 0. The lowest BCUT2D eigenvalue weighted by molar-refractivity contribution is -0.115. The topological polar surface area (TPSA) is 100 Å². The smallest absolute Gasteiger partial charge is 0.290 e. The number of amides is 2. The molecule has 0 saturated carbocycles. The van der Waals surface area contributed by atoms with Crippen molar-refractivity contribution >= 4 is 34.9 Å². The summed E-state index contributed by atoms with van der Waals surface area (Å²) in [4.78, 5) is 39.3. The number of thioether (sulfide) groups is 1. The molecule has 0 aliphatic carbocycles. The van der Waals surface area contributed by atoms with E-state index in [1.165, 1.54) is 5.56 Å². The Balaban J connectivity index is 1.09. The molecule has 2 saturated heterocycles. The summed E-state index contributed by atoms with van der Waals surface area (Å²) >= 11 is 0.892. The molecule has 35 heavy (non-hydrogen) atoms. The Labute approximate surface area is 208 Å². The highest BCUT2D eigenvalue weighted by molar-refractivity contribution is 8.18. The van der Waals surface area contributed by atoms with Gasteiger partial charge in [0.05, 0.1) is 16.3 Å². The van der Waals surface area contributed by atoms with Gasteiger partial charge in [0.25, 0.3) is 11.1 Å². The molecule has 178 valence electrons. The van der Waals surface area contributed by atoms with Crippen LogP contribution in [-0.4, -0.2) is 45.7 Å². The molecule has 9 heteroatoms. The van der Waals surface area contributed by atoms with Crippen LogP contribution >= 0.6 is 11.8 Å². The lowest BCUT2D eigenvalue weighted by Gasteiger charge is -2.32. The standard InChI is InChI=1S/C26H26N6O2S/c33-24-23(35-26(34)31-24)14-21-8-11-28-25(30-21)32-12-9-18(10-13-32)15-27-17-22-7-6-20(16-29-22)19-4-2-1-3-5-19/h1-8,11,14,16,18,27H,9-10,12-13,15,17H2,(H,31,33,34)/b23-14+. The van der Waals surface area contributed by atoms with Crippen molar-refractivity contribution in [3.8, 4) is 11.1 Å². The highest BCUT2D eigenvalue weighted by Gasteiger charge is 2.25. The number of aromatic nitrogens is 3. The summed E-state index contributed by atoms with van der Waals surface area (Å²) in [6, 6.07) is 16.2. The molecule has 0 bridgehead atoms. The first-order chi connectivity index (χ1) is 17.1. The third kappa shape index (κ3) is 5.93. The zero-order valence-electron chi connectivity index (χ0n) is 19.2. The summed E-state index contributed by atoms with van der Waals surface area (Å²) in [5.74, 6) is 0.865. The van der Waals surface area contributed by atoms with Crippen molar-refractivity contribution in [3.63, 3.8) is 0 Å². The molecule has 2 N–H and O–H groups in total. The van der Waals surface area contributed by atoms with Crippen LogP contribution in [-0.2, 0) is 11.3 Å². The number of benzene rings is 1. The number of carbonyl (C=O) groups excluding carboxylic acids is 2. The minimum Gasteiger partial charge on any atom is -0.341 e. The van der Waals surface area contributed by atoms with Crippen LogP contribution in [0.5, 0.6) is 0 Å². The number of anilines is 1. The maximum absolute atomic E-state index is 11.8. The maximum Gasteiger partial charge on any atom is 0.290 e. The molecule has 3 aromatic rings. The first-order valence-electron chi connectivity index (χ1n) is 11.7. The van der Waals surface area contributed by atoms with E-state index < -0.39 is 0 Å². The van der Waals surface area contributed by atoms with Crippen LogP contribution in [0.1, 0.15) is 24.2 Å². The van der Waals surface area contributed by atoms with Gasteiger partial charge < -0.3 is 10.2 Å². The first kappa shape index (κ1) is 23.2. The van der Waals surface area contributed by atoms with Gasteiger partial charge in [-0.1, -0.05) is 36.4 Å². The number of nitrogens with zero attached hydrogens (tertiary/aromatic N) is 4. The van der Waals surface area contributed by atoms with Crippen LogP contribution in [0.2, 0.25) is 0 Å². The van der Waals surface area contributed by atoms with Crippen LogP contribution in [0.15, 0.2) is 65.8 Å². The summed E-state index contributed by atoms with van der Waals surface area (Å²) in [6.45, 7) is 3.46. The van der Waals surface area contributed by atoms with Crippen molar-refractivity contribution < 1.29 is 9.59 Å². The number of piperidine rings is 1. The third-order valence-corrected chi connectivity index (χ3v) is 6.96. The van der Waals surface area contributed by atoms with Crippen molar-refractivity contribution in [3.05, 3.63) is 77.2 Å². The predicted octanol–water partition coefficient (Wildman–Crippen LogP) is 3.87. The quantitative estimate of drug-likeness (QED) is 0.486. The summed E-state index contributed by atoms with van der Waals surface area (Å²) in [5, 5.41) is 5.46. The zero-order valence-corrected chi connectivity index (χ0v) is 20.0. The van der Waals surface area contributed by atoms with Crippen LogP contribution in [0.3, 0.4) is 0 Å². The van der Waals surface area contributed by atoms with Crippen molar-refractivity contribution in [2.45, 2.75) is 19.4 Å². The monoisotopic (exact) mass is 486 g/mol. The third-order valence-electron chi connectivity index (χ3n) is 6.15. The van der Waals surface area contributed by atoms with E-state index in [9.17, 15) is 9.59 Å². The maximum atomic E-state index is 11.8. The van der Waals surface area contributed by atoms with Gasteiger partial charge in [-0.3, -0.25) is 19.9 Å². The van der Waals surface area contributed by atoms with E-state index in [0.717, 1.165) is 62.0 Å². The Morgan fingerprint density at radius 1 is 1.03 bits per heavy atom. The fourth-order valence-corrected chi connectivity index (χ4v) is 4.89. The van der Waals surface area contributed by atoms with Crippen molar-refractivity contribution in [2.75, 3.05) is 24.5 Å². The SMILES string of the molecule is O=C1NC(=O)/C(=C\c2ccnc(N3CCC(CNCc4ccc(-c5ccccc5)cn4)CC3)n2)S1. The van der Waals surface area contributed by atoms with E-state index in [4.69, 9.17) is 0 Å². The Morgan fingerprint density at radius 2 is 1.86 bits per heavy atom. The van der Waals surface area contributed by atoms with Crippen molar-refractivity contribution in [1.29, 1.82) is 0 Å². The molecule has 4 heterocycles. The fourth-order valence-electron chi connectivity index (χ4n) is 4.22. The van der Waals surface area contributed by atoms with Crippen LogP contribution in [0.4, 0.5) is 10.7 Å². The van der Waals surface area contributed by atoms with Gasteiger partial charge in [0.1, 0.15) is 0 Å². The number of rotatable bonds is 7. The Bertz CT molecular complexity index is 1220.